The van der Waals surface area contributed by atoms with Gasteiger partial charge in [-0.2, -0.15) is 13.2 Å². The Morgan fingerprint density at radius 2 is 1.94 bits per heavy atom. The van der Waals surface area contributed by atoms with Crippen molar-refractivity contribution in [1.29, 1.82) is 0 Å². The smallest absolute Gasteiger partial charge is 0.346 e. The summed E-state index contributed by atoms with van der Waals surface area (Å²) in [6.07, 6.45) is -4.60. The first-order valence-electron chi connectivity index (χ1n) is 8.65. The Kier molecular flexibility index (Phi) is 6.56. The van der Waals surface area contributed by atoms with Crippen molar-refractivity contribution in [3.8, 4) is 5.69 Å². The molecule has 1 unspecified atom stereocenters. The van der Waals surface area contributed by atoms with Crippen LogP contribution < -0.4 is 10.9 Å². The number of fused-ring (bicyclic) bond motifs is 1. The average Bonchev–Trinajstić information content (AvgIpc) is 2.67. The molecule has 0 aliphatic carbocycles. The number of nitrogens with zero attached hydrogens (tertiary/aromatic N) is 2. The maximum absolute atomic E-state index is 14.5. The second kappa shape index (κ2) is 8.83. The van der Waals surface area contributed by atoms with Crippen LogP contribution >= 0.6 is 23.4 Å². The van der Waals surface area contributed by atoms with Crippen LogP contribution in [-0.4, -0.2) is 33.4 Å². The molecule has 0 bridgehead atoms. The molecule has 0 aliphatic rings. The Labute approximate surface area is 181 Å². The SMILES string of the molecule is CC(Sc1nc2ccc(Cl)cc2c(=O)n1-c1ccc(F)cc1F)C(=O)NCC(F)(F)F. The molecule has 0 saturated carbocycles. The van der Waals surface area contributed by atoms with Crippen molar-refractivity contribution in [2.45, 2.75) is 23.5 Å². The fourth-order valence-electron chi connectivity index (χ4n) is 2.63. The van der Waals surface area contributed by atoms with Crippen molar-refractivity contribution in [2.24, 2.45) is 0 Å². The van der Waals surface area contributed by atoms with Crippen molar-refractivity contribution in [1.82, 2.24) is 14.9 Å². The zero-order valence-electron chi connectivity index (χ0n) is 15.6. The van der Waals surface area contributed by atoms with Gasteiger partial charge in [0.1, 0.15) is 18.2 Å². The second-order valence-electron chi connectivity index (χ2n) is 6.39. The summed E-state index contributed by atoms with van der Waals surface area (Å²) in [5.41, 5.74) is -0.909. The molecule has 1 amide bonds. The molecular formula is C19H13ClF5N3O2S. The van der Waals surface area contributed by atoms with Gasteiger partial charge in [-0.3, -0.25) is 14.2 Å². The van der Waals surface area contributed by atoms with Crippen molar-refractivity contribution < 1.29 is 26.7 Å². The number of alkyl halides is 3. The third kappa shape index (κ3) is 5.34. The molecule has 0 saturated heterocycles. The number of carbonyl (C=O) groups excluding carboxylic acids is 1. The Bertz CT molecular complexity index is 1220. The molecule has 0 aliphatic heterocycles. The number of carbonyl (C=O) groups is 1. The molecule has 0 radical (unpaired) electrons. The summed E-state index contributed by atoms with van der Waals surface area (Å²) in [7, 11) is 0. The van der Waals surface area contributed by atoms with Gasteiger partial charge in [-0.1, -0.05) is 23.4 Å². The Hall–Kier alpha value is -2.66. The predicted octanol–water partition coefficient (Wildman–Crippen LogP) is 4.48. The van der Waals surface area contributed by atoms with E-state index >= 15 is 0 Å². The van der Waals surface area contributed by atoms with E-state index < -0.39 is 41.1 Å². The highest BCUT2D eigenvalue weighted by Crippen LogP contribution is 2.27. The highest BCUT2D eigenvalue weighted by atomic mass is 35.5. The molecule has 12 heteroatoms. The van der Waals surface area contributed by atoms with Crippen LogP contribution in [-0.2, 0) is 4.79 Å². The highest BCUT2D eigenvalue weighted by Gasteiger charge is 2.29. The maximum atomic E-state index is 14.5. The number of halogens is 6. The van der Waals surface area contributed by atoms with Gasteiger partial charge >= 0.3 is 6.18 Å². The van der Waals surface area contributed by atoms with E-state index in [2.05, 4.69) is 4.98 Å². The van der Waals surface area contributed by atoms with Crippen LogP contribution in [0.2, 0.25) is 5.02 Å². The van der Waals surface area contributed by atoms with Crippen molar-refractivity contribution in [3.05, 3.63) is 63.4 Å². The molecule has 31 heavy (non-hydrogen) atoms. The van der Waals surface area contributed by atoms with E-state index in [1.807, 2.05) is 0 Å². The number of aromatic nitrogens is 2. The van der Waals surface area contributed by atoms with Crippen molar-refractivity contribution >= 4 is 40.2 Å². The number of thioether (sulfide) groups is 1. The lowest BCUT2D eigenvalue weighted by Gasteiger charge is -2.17. The minimum atomic E-state index is -4.60. The number of hydrogen-bond donors (Lipinski definition) is 1. The molecule has 1 atom stereocenters. The van der Waals surface area contributed by atoms with E-state index in [4.69, 9.17) is 11.6 Å². The van der Waals surface area contributed by atoms with Crippen LogP contribution in [0.3, 0.4) is 0 Å². The average molecular weight is 478 g/mol. The summed E-state index contributed by atoms with van der Waals surface area (Å²) < 4.78 is 65.7. The minimum absolute atomic E-state index is 0.0368. The minimum Gasteiger partial charge on any atom is -0.346 e. The Morgan fingerprint density at radius 1 is 1.23 bits per heavy atom. The number of nitrogens with one attached hydrogen (secondary N) is 1. The third-order valence-electron chi connectivity index (χ3n) is 4.06. The molecule has 1 aromatic heterocycles. The van der Waals surface area contributed by atoms with Crippen LogP contribution in [0.25, 0.3) is 16.6 Å². The first-order valence-corrected chi connectivity index (χ1v) is 9.91. The lowest BCUT2D eigenvalue weighted by Crippen LogP contribution is -2.38. The summed E-state index contributed by atoms with van der Waals surface area (Å²) in [6.45, 7) is -0.222. The normalized spacial score (nSPS) is 12.7. The van der Waals surface area contributed by atoms with E-state index in [0.717, 1.165) is 16.7 Å². The van der Waals surface area contributed by atoms with Gasteiger partial charge in [-0.05, 0) is 37.3 Å². The zero-order valence-corrected chi connectivity index (χ0v) is 17.2. The first kappa shape index (κ1) is 23.0. The van der Waals surface area contributed by atoms with Gasteiger partial charge in [0.15, 0.2) is 5.16 Å². The molecule has 5 nitrogen and oxygen atoms in total. The lowest BCUT2D eigenvalue weighted by atomic mass is 10.2. The number of benzene rings is 2. The molecule has 0 fully saturated rings. The molecule has 0 spiro atoms. The molecule has 1 heterocycles. The summed E-state index contributed by atoms with van der Waals surface area (Å²) in [4.78, 5) is 29.4. The third-order valence-corrected chi connectivity index (χ3v) is 5.35. The van der Waals surface area contributed by atoms with Crippen LogP contribution in [0.1, 0.15) is 6.92 Å². The van der Waals surface area contributed by atoms with Gasteiger partial charge < -0.3 is 5.32 Å². The molecule has 2 aromatic carbocycles. The first-order chi connectivity index (χ1) is 14.5. The van der Waals surface area contributed by atoms with Gasteiger partial charge in [0.25, 0.3) is 5.56 Å². The van der Waals surface area contributed by atoms with E-state index in [9.17, 15) is 31.5 Å². The molecular weight excluding hydrogens is 465 g/mol. The van der Waals surface area contributed by atoms with E-state index in [1.165, 1.54) is 25.1 Å². The van der Waals surface area contributed by atoms with Crippen LogP contribution in [0.5, 0.6) is 0 Å². The van der Waals surface area contributed by atoms with Crippen LogP contribution in [0.15, 0.2) is 46.3 Å². The number of hydrogen-bond acceptors (Lipinski definition) is 4. The summed E-state index contributed by atoms with van der Waals surface area (Å²) in [6, 6.07) is 6.73. The molecule has 164 valence electrons. The van der Waals surface area contributed by atoms with Crippen LogP contribution in [0, 0.1) is 11.6 Å². The summed E-state index contributed by atoms with van der Waals surface area (Å²) >= 11 is 6.58. The molecule has 1 N–H and O–H groups in total. The monoisotopic (exact) mass is 477 g/mol. The second-order valence-corrected chi connectivity index (χ2v) is 8.13. The Balaban J connectivity index is 2.10. The number of rotatable bonds is 5. The molecule has 3 rings (SSSR count). The quantitative estimate of drug-likeness (QED) is 0.334. The van der Waals surface area contributed by atoms with Crippen LogP contribution in [0.4, 0.5) is 22.0 Å². The topological polar surface area (TPSA) is 64.0 Å². The Morgan fingerprint density at radius 3 is 2.58 bits per heavy atom. The highest BCUT2D eigenvalue weighted by molar-refractivity contribution is 8.00. The molecule has 3 aromatic rings. The fourth-order valence-corrected chi connectivity index (χ4v) is 3.75. The maximum Gasteiger partial charge on any atom is 0.405 e. The zero-order chi connectivity index (χ0) is 22.9. The van der Waals surface area contributed by atoms with Gasteiger partial charge in [0, 0.05) is 11.1 Å². The van der Waals surface area contributed by atoms with E-state index in [0.29, 0.717) is 17.8 Å². The largest absolute Gasteiger partial charge is 0.405 e. The van der Waals surface area contributed by atoms with Crippen molar-refractivity contribution in [2.75, 3.05) is 6.54 Å². The standard InChI is InChI=1S/C19H13ClF5N3O2S/c1-9(16(29)26-8-19(23,24)25)31-18-27-14-4-2-10(20)6-12(14)17(30)28(18)15-5-3-11(21)7-13(15)22/h2-7,9H,8H2,1H3,(H,26,29). The van der Waals surface area contributed by atoms with E-state index in [-0.39, 0.29) is 26.8 Å². The van der Waals surface area contributed by atoms with Gasteiger partial charge in [0.2, 0.25) is 5.91 Å². The lowest BCUT2D eigenvalue weighted by molar-refractivity contribution is -0.137. The predicted molar refractivity (Wildman–Crippen MR) is 107 cm³/mol. The van der Waals surface area contributed by atoms with Gasteiger partial charge in [-0.15, -0.1) is 0 Å². The summed E-state index contributed by atoms with van der Waals surface area (Å²) in [5, 5.41) is 0.712. The van der Waals surface area contributed by atoms with Gasteiger partial charge in [0.05, 0.1) is 21.8 Å². The number of amides is 1. The van der Waals surface area contributed by atoms with Gasteiger partial charge in [-0.25, -0.2) is 13.8 Å². The van der Waals surface area contributed by atoms with E-state index in [1.54, 1.807) is 5.32 Å². The fraction of sp³-hybridized carbons (Fsp3) is 0.211. The summed E-state index contributed by atoms with van der Waals surface area (Å²) in [5.74, 6) is -2.90. The van der Waals surface area contributed by atoms with Crippen molar-refractivity contribution in [3.63, 3.8) is 0 Å².